The number of hydrogen-bond donors (Lipinski definition) is 1. The maximum absolute atomic E-state index is 13.3. The van der Waals surface area contributed by atoms with Crippen LogP contribution in [0.5, 0.6) is 5.75 Å². The Hall–Kier alpha value is -2.63. The van der Waals surface area contributed by atoms with Gasteiger partial charge in [0.15, 0.2) is 14.7 Å². The smallest absolute Gasteiger partial charge is 0.452 e. The first-order chi connectivity index (χ1) is 15.0. The number of rotatable bonds is 7. The second-order valence-electron chi connectivity index (χ2n) is 6.45. The van der Waals surface area contributed by atoms with Crippen LogP contribution in [0.2, 0.25) is 0 Å². The highest BCUT2D eigenvalue weighted by molar-refractivity contribution is 7.97. The van der Waals surface area contributed by atoms with Gasteiger partial charge in [-0.1, -0.05) is 36.4 Å². The van der Waals surface area contributed by atoms with E-state index in [1.165, 1.54) is 12.1 Å². The summed E-state index contributed by atoms with van der Waals surface area (Å²) in [5.41, 5.74) is 0. The van der Waals surface area contributed by atoms with Crippen LogP contribution in [0.3, 0.4) is 0 Å². The molecule has 0 heterocycles. The predicted molar refractivity (Wildman–Crippen MR) is 108 cm³/mol. The molecule has 1 unspecified atom stereocenters. The first kappa shape index (κ1) is 24.0. The Kier molecular flexibility index (Phi) is 6.82. The van der Waals surface area contributed by atoms with Gasteiger partial charge in [0.2, 0.25) is 0 Å². The van der Waals surface area contributed by atoms with Crippen molar-refractivity contribution in [3.63, 3.8) is 0 Å². The van der Waals surface area contributed by atoms with Crippen molar-refractivity contribution in [2.75, 3.05) is 0 Å². The summed E-state index contributed by atoms with van der Waals surface area (Å²) >= 11 is 0. The van der Waals surface area contributed by atoms with Crippen molar-refractivity contribution >= 4 is 21.0 Å². The summed E-state index contributed by atoms with van der Waals surface area (Å²) in [6.07, 6.45) is -10.7. The van der Waals surface area contributed by atoms with Crippen molar-refractivity contribution < 1.29 is 39.7 Å². The van der Waals surface area contributed by atoms with E-state index in [1.54, 1.807) is 0 Å². The lowest BCUT2D eigenvalue weighted by Crippen LogP contribution is -2.61. The fourth-order valence-corrected chi connectivity index (χ4v) is 5.68. The average Bonchev–Trinajstić information content (AvgIpc) is 2.73. The number of ether oxygens (including phenoxy) is 1. The largest absolute Gasteiger partial charge is 0.456 e. The molecule has 3 rings (SSSR count). The normalized spacial score (nSPS) is 14.4. The Morgan fingerprint density at radius 3 is 1.50 bits per heavy atom. The molecule has 0 aliphatic rings. The van der Waals surface area contributed by atoms with Gasteiger partial charge in [-0.2, -0.15) is 21.6 Å². The number of benzene rings is 3. The van der Waals surface area contributed by atoms with Gasteiger partial charge in [-0.05, 0) is 48.5 Å². The fourth-order valence-electron chi connectivity index (χ4n) is 2.88. The van der Waals surface area contributed by atoms with E-state index in [4.69, 9.17) is 4.55 Å². The maximum Gasteiger partial charge on any atom is 0.452 e. The van der Waals surface area contributed by atoms with Gasteiger partial charge in [0, 0.05) is 0 Å². The minimum atomic E-state index is -6.39. The molecule has 1 atom stereocenters. The molecule has 0 saturated heterocycles. The van der Waals surface area contributed by atoms with Crippen molar-refractivity contribution in [2.45, 2.75) is 32.2 Å². The van der Waals surface area contributed by atoms with Crippen molar-refractivity contribution in [1.82, 2.24) is 0 Å². The van der Waals surface area contributed by atoms with Gasteiger partial charge < -0.3 is 4.74 Å². The molecule has 0 saturated carbocycles. The quantitative estimate of drug-likeness (QED) is 0.267. The molecule has 170 valence electrons. The minimum absolute atomic E-state index is 0.622. The lowest BCUT2D eigenvalue weighted by atomic mass is 10.3. The summed E-state index contributed by atoms with van der Waals surface area (Å²) in [6, 6.07) is 23.0. The van der Waals surface area contributed by atoms with Crippen LogP contribution in [0.4, 0.5) is 22.0 Å². The summed E-state index contributed by atoms with van der Waals surface area (Å²) in [5, 5.41) is 0. The molecule has 32 heavy (non-hydrogen) atoms. The van der Waals surface area contributed by atoms with Gasteiger partial charge in [0.1, 0.15) is 5.75 Å². The van der Waals surface area contributed by atoms with Crippen molar-refractivity contribution in [1.29, 1.82) is 0 Å². The van der Waals surface area contributed by atoms with Crippen LogP contribution in [-0.4, -0.2) is 30.5 Å². The zero-order chi connectivity index (χ0) is 23.6. The van der Waals surface area contributed by atoms with E-state index in [0.29, 0.717) is 4.90 Å². The molecule has 4 nitrogen and oxygen atoms in total. The molecular formula is C21H16F5O4S2+. The molecule has 3 aromatic carbocycles. The molecule has 0 spiro atoms. The predicted octanol–water partition coefficient (Wildman–Crippen LogP) is 5.57. The third kappa shape index (κ3) is 4.59. The monoisotopic (exact) mass is 491 g/mol. The maximum atomic E-state index is 13.3. The van der Waals surface area contributed by atoms with E-state index >= 15 is 0 Å². The van der Waals surface area contributed by atoms with Crippen LogP contribution < -0.4 is 4.74 Å². The van der Waals surface area contributed by atoms with Gasteiger partial charge in [-0.3, -0.25) is 4.55 Å². The SMILES string of the molecule is O=S(=O)(O)C(Oc1ccc([S+](c2ccccc2)c2ccccc2)cc1)(C(F)F)C(F)(F)F. The first-order valence-corrected chi connectivity index (χ1v) is 11.6. The van der Waals surface area contributed by atoms with Gasteiger partial charge in [0.05, 0.1) is 10.9 Å². The van der Waals surface area contributed by atoms with E-state index < -0.39 is 44.3 Å². The zero-order valence-electron chi connectivity index (χ0n) is 16.0. The van der Waals surface area contributed by atoms with Crippen LogP contribution in [0.1, 0.15) is 0 Å². The van der Waals surface area contributed by atoms with Gasteiger partial charge >= 0.3 is 27.7 Å². The number of alkyl halides is 5. The Bertz CT molecular complexity index is 1100. The minimum Gasteiger partial charge on any atom is -0.456 e. The van der Waals surface area contributed by atoms with Crippen LogP contribution >= 0.6 is 0 Å². The highest BCUT2D eigenvalue weighted by atomic mass is 32.2. The molecule has 0 radical (unpaired) electrons. The van der Waals surface area contributed by atoms with E-state index in [9.17, 15) is 30.4 Å². The molecular weight excluding hydrogens is 475 g/mol. The van der Waals surface area contributed by atoms with Crippen LogP contribution in [0, 0.1) is 0 Å². The van der Waals surface area contributed by atoms with E-state index in [-0.39, 0.29) is 0 Å². The van der Waals surface area contributed by atoms with E-state index in [0.717, 1.165) is 21.9 Å². The Morgan fingerprint density at radius 1 is 0.750 bits per heavy atom. The third-order valence-corrected chi connectivity index (χ3v) is 7.84. The van der Waals surface area contributed by atoms with Crippen molar-refractivity contribution in [3.8, 4) is 5.75 Å². The first-order valence-electron chi connectivity index (χ1n) is 8.93. The summed E-state index contributed by atoms with van der Waals surface area (Å²) < 4.78 is 102. The molecule has 0 aromatic heterocycles. The van der Waals surface area contributed by atoms with Crippen LogP contribution in [-0.2, 0) is 21.0 Å². The molecule has 0 aliphatic heterocycles. The number of hydrogen-bond acceptors (Lipinski definition) is 3. The summed E-state index contributed by atoms with van der Waals surface area (Å²) in [7, 11) is -7.07. The summed E-state index contributed by atoms with van der Waals surface area (Å²) in [4.78, 5) is -2.71. The second-order valence-corrected chi connectivity index (χ2v) is 10.0. The summed E-state index contributed by atoms with van der Waals surface area (Å²) in [5.74, 6) is -0.798. The van der Waals surface area contributed by atoms with Gasteiger partial charge in [-0.25, -0.2) is 8.78 Å². The lowest BCUT2D eigenvalue weighted by Gasteiger charge is -2.31. The van der Waals surface area contributed by atoms with Crippen molar-refractivity contribution in [2.24, 2.45) is 0 Å². The van der Waals surface area contributed by atoms with Gasteiger partial charge in [-0.15, -0.1) is 0 Å². The van der Waals surface area contributed by atoms with E-state index in [2.05, 4.69) is 4.74 Å². The standard InChI is InChI=1S/C21H15F5O4S2/c22-19(23)20(21(24,25)26,32(27,28)29)30-15-11-13-18(14-12-15)31(16-7-3-1-4-8-16)17-9-5-2-6-10-17/h1-14,19H/p+1. The summed E-state index contributed by atoms with van der Waals surface area (Å²) in [6.45, 7) is 0. The molecule has 0 amide bonds. The fraction of sp³-hybridized carbons (Fsp3) is 0.143. The van der Waals surface area contributed by atoms with Crippen LogP contribution in [0.15, 0.2) is 99.6 Å². The van der Waals surface area contributed by atoms with Gasteiger partial charge in [0.25, 0.3) is 0 Å². The zero-order valence-corrected chi connectivity index (χ0v) is 17.7. The molecule has 0 fully saturated rings. The second kappa shape index (κ2) is 9.08. The highest BCUT2D eigenvalue weighted by Crippen LogP contribution is 2.43. The Morgan fingerprint density at radius 2 is 1.16 bits per heavy atom. The Labute approximate surface area is 183 Å². The molecule has 1 N–H and O–H groups in total. The molecule has 11 heteroatoms. The van der Waals surface area contributed by atoms with E-state index in [1.807, 2.05) is 60.7 Å². The average molecular weight is 491 g/mol. The lowest BCUT2D eigenvalue weighted by molar-refractivity contribution is -0.250. The topological polar surface area (TPSA) is 63.6 Å². The highest BCUT2D eigenvalue weighted by Gasteiger charge is 2.73. The van der Waals surface area contributed by atoms with Crippen LogP contribution in [0.25, 0.3) is 0 Å². The molecule has 0 aliphatic carbocycles. The van der Waals surface area contributed by atoms with Crippen molar-refractivity contribution in [3.05, 3.63) is 84.9 Å². The molecule has 0 bridgehead atoms. The molecule has 3 aromatic rings. The third-order valence-electron chi connectivity index (χ3n) is 4.35. The Balaban J connectivity index is 2.04. The number of halogens is 5.